The number of hydrogen-bond donors (Lipinski definition) is 1. The van der Waals surface area contributed by atoms with Crippen LogP contribution < -0.4 is 4.72 Å². The second kappa shape index (κ2) is 6.55. The molecule has 0 radical (unpaired) electrons. The SMILES string of the molecule is Cc1cccc(S(=O)(=O)Nc2cc(-c3cn4ccccc4n3)ccc2C)c1. The molecule has 0 amide bonds. The standard InChI is InChI=1S/C21H19N3O2S/c1-15-6-5-7-18(12-15)27(25,26)23-19-13-17(10-9-16(19)2)20-14-24-11-4-3-8-21(24)22-20/h3-14,23H,1-2H3. The Morgan fingerprint density at radius 1 is 0.963 bits per heavy atom. The molecule has 0 fully saturated rings. The Balaban J connectivity index is 1.72. The first-order valence-corrected chi connectivity index (χ1v) is 10.0. The highest BCUT2D eigenvalue weighted by atomic mass is 32.2. The van der Waals surface area contributed by atoms with E-state index >= 15 is 0 Å². The van der Waals surface area contributed by atoms with Gasteiger partial charge in [0.05, 0.1) is 16.3 Å². The number of aromatic nitrogens is 2. The highest BCUT2D eigenvalue weighted by molar-refractivity contribution is 7.92. The Hall–Kier alpha value is -3.12. The van der Waals surface area contributed by atoms with Crippen LogP contribution in [0.3, 0.4) is 0 Å². The maximum atomic E-state index is 12.8. The van der Waals surface area contributed by atoms with Crippen LogP contribution in [0.25, 0.3) is 16.9 Å². The molecule has 1 N–H and O–H groups in total. The first-order valence-electron chi connectivity index (χ1n) is 8.57. The van der Waals surface area contributed by atoms with Crippen molar-refractivity contribution in [1.82, 2.24) is 9.38 Å². The molecule has 136 valence electrons. The van der Waals surface area contributed by atoms with Gasteiger partial charge in [0.2, 0.25) is 0 Å². The number of pyridine rings is 1. The van der Waals surface area contributed by atoms with Crippen molar-refractivity contribution in [2.45, 2.75) is 18.7 Å². The van der Waals surface area contributed by atoms with E-state index in [1.807, 2.05) is 73.1 Å². The molecule has 27 heavy (non-hydrogen) atoms. The molecule has 2 aromatic heterocycles. The number of imidazole rings is 1. The highest BCUT2D eigenvalue weighted by Crippen LogP contribution is 2.27. The Labute approximate surface area is 158 Å². The highest BCUT2D eigenvalue weighted by Gasteiger charge is 2.16. The zero-order chi connectivity index (χ0) is 19.0. The molecular formula is C21H19N3O2S. The number of hydrogen-bond acceptors (Lipinski definition) is 3. The van der Waals surface area contributed by atoms with Crippen LogP contribution in [0.4, 0.5) is 5.69 Å². The maximum absolute atomic E-state index is 12.8. The number of aryl methyl sites for hydroxylation is 2. The molecule has 0 atom stereocenters. The second-order valence-electron chi connectivity index (χ2n) is 6.54. The molecule has 0 bridgehead atoms. The molecule has 0 aliphatic carbocycles. The van der Waals surface area contributed by atoms with Gasteiger partial charge in [-0.1, -0.05) is 30.3 Å². The van der Waals surface area contributed by atoms with Crippen LogP contribution in [-0.2, 0) is 10.0 Å². The summed E-state index contributed by atoms with van der Waals surface area (Å²) in [5.41, 5.74) is 4.77. The van der Waals surface area contributed by atoms with Crippen LogP contribution >= 0.6 is 0 Å². The molecule has 0 saturated carbocycles. The van der Waals surface area contributed by atoms with Crippen molar-refractivity contribution in [2.75, 3.05) is 4.72 Å². The van der Waals surface area contributed by atoms with Crippen LogP contribution in [-0.4, -0.2) is 17.8 Å². The summed E-state index contributed by atoms with van der Waals surface area (Å²) < 4.78 is 30.2. The summed E-state index contributed by atoms with van der Waals surface area (Å²) in [6.07, 6.45) is 3.86. The lowest BCUT2D eigenvalue weighted by molar-refractivity contribution is 0.601. The van der Waals surface area contributed by atoms with Crippen molar-refractivity contribution in [2.24, 2.45) is 0 Å². The van der Waals surface area contributed by atoms with Gasteiger partial charge in [0, 0.05) is 18.0 Å². The largest absolute Gasteiger partial charge is 0.306 e. The van der Waals surface area contributed by atoms with Crippen LogP contribution in [0.2, 0.25) is 0 Å². The zero-order valence-electron chi connectivity index (χ0n) is 15.0. The van der Waals surface area contributed by atoms with E-state index in [0.717, 1.165) is 28.0 Å². The summed E-state index contributed by atoms with van der Waals surface area (Å²) in [6, 6.07) is 18.3. The van der Waals surface area contributed by atoms with Gasteiger partial charge in [0.25, 0.3) is 10.0 Å². The van der Waals surface area contributed by atoms with Gasteiger partial charge in [-0.3, -0.25) is 4.72 Å². The molecule has 0 aliphatic heterocycles. The van der Waals surface area contributed by atoms with Crippen molar-refractivity contribution in [3.63, 3.8) is 0 Å². The summed E-state index contributed by atoms with van der Waals surface area (Å²) in [5, 5.41) is 0. The average molecular weight is 377 g/mol. The lowest BCUT2D eigenvalue weighted by Gasteiger charge is -2.12. The fourth-order valence-electron chi connectivity index (χ4n) is 2.95. The summed E-state index contributed by atoms with van der Waals surface area (Å²) in [5.74, 6) is 0. The van der Waals surface area contributed by atoms with Crippen LogP contribution in [0.5, 0.6) is 0 Å². The average Bonchev–Trinajstić information content (AvgIpc) is 3.07. The molecule has 4 aromatic rings. The molecule has 0 aliphatic rings. The van der Waals surface area contributed by atoms with Gasteiger partial charge in [-0.2, -0.15) is 0 Å². The number of nitrogens with zero attached hydrogens (tertiary/aromatic N) is 2. The lowest BCUT2D eigenvalue weighted by atomic mass is 10.1. The van der Waals surface area contributed by atoms with E-state index in [-0.39, 0.29) is 4.90 Å². The number of anilines is 1. The number of benzene rings is 2. The lowest BCUT2D eigenvalue weighted by Crippen LogP contribution is -2.14. The summed E-state index contributed by atoms with van der Waals surface area (Å²) in [4.78, 5) is 4.86. The molecule has 4 rings (SSSR count). The minimum absolute atomic E-state index is 0.250. The number of fused-ring (bicyclic) bond motifs is 1. The molecule has 0 unspecified atom stereocenters. The van der Waals surface area contributed by atoms with Crippen molar-refractivity contribution >= 4 is 21.4 Å². The van der Waals surface area contributed by atoms with Crippen molar-refractivity contribution in [3.05, 3.63) is 84.2 Å². The number of sulfonamides is 1. The minimum atomic E-state index is -3.66. The maximum Gasteiger partial charge on any atom is 0.261 e. The fourth-order valence-corrected chi connectivity index (χ4v) is 4.18. The minimum Gasteiger partial charge on any atom is -0.306 e. The van der Waals surface area contributed by atoms with E-state index < -0.39 is 10.0 Å². The molecule has 0 saturated heterocycles. The summed E-state index contributed by atoms with van der Waals surface area (Å²) in [6.45, 7) is 3.75. The first-order chi connectivity index (χ1) is 12.9. The van der Waals surface area contributed by atoms with E-state index in [2.05, 4.69) is 9.71 Å². The molecule has 0 spiro atoms. The topological polar surface area (TPSA) is 63.5 Å². The Bertz CT molecular complexity index is 1210. The van der Waals surface area contributed by atoms with E-state index in [9.17, 15) is 8.42 Å². The van der Waals surface area contributed by atoms with Gasteiger partial charge in [-0.15, -0.1) is 0 Å². The van der Waals surface area contributed by atoms with Gasteiger partial charge in [0.1, 0.15) is 5.65 Å². The fraction of sp³-hybridized carbons (Fsp3) is 0.0952. The molecule has 2 heterocycles. The second-order valence-corrected chi connectivity index (χ2v) is 8.23. The van der Waals surface area contributed by atoms with Crippen molar-refractivity contribution in [3.8, 4) is 11.3 Å². The first kappa shape index (κ1) is 17.3. The Morgan fingerprint density at radius 2 is 1.81 bits per heavy atom. The van der Waals surface area contributed by atoms with Crippen molar-refractivity contribution in [1.29, 1.82) is 0 Å². The van der Waals surface area contributed by atoms with Gasteiger partial charge in [0.15, 0.2) is 0 Å². The normalized spacial score (nSPS) is 11.6. The van der Waals surface area contributed by atoms with Gasteiger partial charge < -0.3 is 4.40 Å². The smallest absolute Gasteiger partial charge is 0.261 e. The summed E-state index contributed by atoms with van der Waals surface area (Å²) >= 11 is 0. The molecule has 5 nitrogen and oxygen atoms in total. The number of rotatable bonds is 4. The molecule has 6 heteroatoms. The van der Waals surface area contributed by atoms with Crippen LogP contribution in [0.15, 0.2) is 78.0 Å². The predicted molar refractivity (Wildman–Crippen MR) is 107 cm³/mol. The zero-order valence-corrected chi connectivity index (χ0v) is 15.9. The summed E-state index contributed by atoms with van der Waals surface area (Å²) in [7, 11) is -3.66. The third kappa shape index (κ3) is 3.44. The van der Waals surface area contributed by atoms with Crippen LogP contribution in [0, 0.1) is 13.8 Å². The monoisotopic (exact) mass is 377 g/mol. The molecular weight excluding hydrogens is 358 g/mol. The number of nitrogens with one attached hydrogen (secondary N) is 1. The predicted octanol–water partition coefficient (Wildman–Crippen LogP) is 4.42. The third-order valence-electron chi connectivity index (χ3n) is 4.44. The van der Waals surface area contributed by atoms with Crippen LogP contribution in [0.1, 0.15) is 11.1 Å². The van der Waals surface area contributed by atoms with Gasteiger partial charge >= 0.3 is 0 Å². The van der Waals surface area contributed by atoms with E-state index in [4.69, 9.17) is 0 Å². The Kier molecular flexibility index (Phi) is 4.20. The Morgan fingerprint density at radius 3 is 2.59 bits per heavy atom. The van der Waals surface area contributed by atoms with E-state index in [0.29, 0.717) is 5.69 Å². The van der Waals surface area contributed by atoms with E-state index in [1.165, 1.54) is 0 Å². The quantitative estimate of drug-likeness (QED) is 0.573. The van der Waals surface area contributed by atoms with Crippen molar-refractivity contribution < 1.29 is 8.42 Å². The van der Waals surface area contributed by atoms with Gasteiger partial charge in [-0.05, 0) is 55.3 Å². The molecule has 2 aromatic carbocycles. The third-order valence-corrected chi connectivity index (χ3v) is 5.80. The van der Waals surface area contributed by atoms with E-state index in [1.54, 1.807) is 18.2 Å². The van der Waals surface area contributed by atoms with Gasteiger partial charge in [-0.25, -0.2) is 13.4 Å².